The van der Waals surface area contributed by atoms with Crippen molar-refractivity contribution >= 4 is 23.5 Å². The first kappa shape index (κ1) is 27.3. The maximum Gasteiger partial charge on any atom is 0.260 e. The van der Waals surface area contributed by atoms with E-state index >= 15 is 0 Å². The molecular formula is C27H40N4O6. The second-order valence-corrected chi connectivity index (χ2v) is 10.1. The molecule has 1 N–H and O–H groups in total. The molecule has 3 aliphatic rings. The molecule has 3 aliphatic heterocycles. The highest BCUT2D eigenvalue weighted by Gasteiger charge is 2.41. The third-order valence-electron chi connectivity index (χ3n) is 7.46. The summed E-state index contributed by atoms with van der Waals surface area (Å²) < 4.78 is 17.8. The molecule has 0 aromatic carbocycles. The van der Waals surface area contributed by atoms with Crippen LogP contribution in [0.4, 0.5) is 5.82 Å². The number of carbonyl (C=O) groups excluding carboxylic acids is 3. The average Bonchev–Trinajstić information content (AvgIpc) is 3.23. The van der Waals surface area contributed by atoms with Gasteiger partial charge in [0.25, 0.3) is 5.91 Å². The van der Waals surface area contributed by atoms with Crippen LogP contribution in [0.3, 0.4) is 0 Å². The molecule has 1 unspecified atom stereocenters. The van der Waals surface area contributed by atoms with Crippen molar-refractivity contribution in [3.63, 3.8) is 0 Å². The molecule has 1 aromatic heterocycles. The number of aromatic nitrogens is 1. The Hall–Kier alpha value is -2.72. The summed E-state index contributed by atoms with van der Waals surface area (Å²) in [7, 11) is 1.51. The Bertz CT molecular complexity index is 968. The van der Waals surface area contributed by atoms with Gasteiger partial charge in [-0.2, -0.15) is 4.98 Å². The van der Waals surface area contributed by atoms with Crippen molar-refractivity contribution in [2.24, 2.45) is 5.92 Å². The van der Waals surface area contributed by atoms with Crippen LogP contribution in [-0.2, 0) is 25.6 Å². The van der Waals surface area contributed by atoms with Crippen LogP contribution in [0.5, 0.6) is 5.88 Å². The largest absolute Gasteiger partial charge is 0.480 e. The molecule has 2 fully saturated rings. The summed E-state index contributed by atoms with van der Waals surface area (Å²) in [4.78, 5) is 45.6. The normalized spacial score (nSPS) is 20.5. The highest BCUT2D eigenvalue weighted by molar-refractivity contribution is 6.06. The van der Waals surface area contributed by atoms with Crippen LogP contribution in [-0.4, -0.2) is 73.4 Å². The summed E-state index contributed by atoms with van der Waals surface area (Å²) >= 11 is 0. The number of hydrogen-bond donors (Lipinski definition) is 1. The molecule has 1 aromatic rings. The number of rotatable bonds is 12. The van der Waals surface area contributed by atoms with Crippen LogP contribution in [0, 0.1) is 5.92 Å². The van der Waals surface area contributed by atoms with Crippen LogP contribution >= 0.6 is 0 Å². The first-order valence-corrected chi connectivity index (χ1v) is 13.7. The number of imide groups is 1. The van der Waals surface area contributed by atoms with Crippen LogP contribution in [0.25, 0.3) is 0 Å². The molecule has 0 aliphatic carbocycles. The zero-order chi connectivity index (χ0) is 26.4. The third-order valence-corrected chi connectivity index (χ3v) is 7.46. The van der Waals surface area contributed by atoms with E-state index in [1.165, 1.54) is 12.0 Å². The van der Waals surface area contributed by atoms with Gasteiger partial charge in [0.05, 0.1) is 7.11 Å². The van der Waals surface area contributed by atoms with Crippen LogP contribution in [0.15, 0.2) is 6.07 Å². The second-order valence-electron chi connectivity index (χ2n) is 10.1. The van der Waals surface area contributed by atoms with Gasteiger partial charge >= 0.3 is 0 Å². The number of amides is 3. The molecule has 204 valence electrons. The van der Waals surface area contributed by atoms with E-state index in [9.17, 15) is 14.4 Å². The van der Waals surface area contributed by atoms with E-state index in [1.807, 2.05) is 6.07 Å². The fraction of sp³-hybridized carbons (Fsp3) is 0.704. The average molecular weight is 517 g/mol. The molecule has 1 atom stereocenters. The zero-order valence-electron chi connectivity index (χ0n) is 22.3. The molecule has 3 amide bonds. The van der Waals surface area contributed by atoms with Crippen molar-refractivity contribution in [3.8, 4) is 5.88 Å². The van der Waals surface area contributed by atoms with Crippen LogP contribution in [0.1, 0.15) is 81.1 Å². The van der Waals surface area contributed by atoms with Gasteiger partial charge in [0.1, 0.15) is 17.4 Å². The Labute approximate surface area is 219 Å². The molecule has 2 saturated heterocycles. The number of nitrogens with zero attached hydrogens (tertiary/aromatic N) is 3. The summed E-state index contributed by atoms with van der Waals surface area (Å²) in [5.74, 6) is 0.356. The van der Waals surface area contributed by atoms with Crippen molar-refractivity contribution in [1.82, 2.24) is 15.2 Å². The van der Waals surface area contributed by atoms with Gasteiger partial charge in [-0.1, -0.05) is 26.7 Å². The molecular weight excluding hydrogens is 476 g/mol. The third kappa shape index (κ3) is 6.23. The summed E-state index contributed by atoms with van der Waals surface area (Å²) in [5.41, 5.74) is 1.20. The van der Waals surface area contributed by atoms with Gasteiger partial charge in [0.15, 0.2) is 6.29 Å². The van der Waals surface area contributed by atoms with Crippen molar-refractivity contribution in [3.05, 3.63) is 17.2 Å². The highest BCUT2D eigenvalue weighted by atomic mass is 16.7. The predicted octanol–water partition coefficient (Wildman–Crippen LogP) is 3.03. The Balaban J connectivity index is 1.43. The lowest BCUT2D eigenvalue weighted by Crippen LogP contribution is -2.52. The number of anilines is 1. The fourth-order valence-corrected chi connectivity index (χ4v) is 5.26. The molecule has 0 spiro atoms. The number of pyridine rings is 1. The first-order valence-electron chi connectivity index (χ1n) is 13.7. The minimum Gasteiger partial charge on any atom is -0.480 e. The van der Waals surface area contributed by atoms with E-state index < -0.39 is 11.9 Å². The second kappa shape index (κ2) is 12.7. The van der Waals surface area contributed by atoms with Gasteiger partial charge in [-0.15, -0.1) is 0 Å². The van der Waals surface area contributed by atoms with Crippen molar-refractivity contribution < 1.29 is 28.6 Å². The van der Waals surface area contributed by atoms with E-state index in [0.29, 0.717) is 24.4 Å². The fourth-order valence-electron chi connectivity index (χ4n) is 5.26. The van der Waals surface area contributed by atoms with E-state index in [4.69, 9.17) is 14.2 Å². The van der Waals surface area contributed by atoms with Gasteiger partial charge in [-0.25, -0.2) is 0 Å². The quantitative estimate of drug-likeness (QED) is 0.256. The summed E-state index contributed by atoms with van der Waals surface area (Å²) in [6.45, 7) is 7.64. The molecule has 10 nitrogen and oxygen atoms in total. The number of carbonyl (C=O) groups is 3. The topological polar surface area (TPSA) is 110 Å². The van der Waals surface area contributed by atoms with Gasteiger partial charge in [0.2, 0.25) is 17.7 Å². The molecule has 4 rings (SSSR count). The number of methoxy groups -OCH3 is 1. The van der Waals surface area contributed by atoms with Crippen LogP contribution in [0.2, 0.25) is 0 Å². The van der Waals surface area contributed by atoms with Gasteiger partial charge in [0, 0.05) is 45.2 Å². The lowest BCUT2D eigenvalue weighted by molar-refractivity contribution is -0.177. The summed E-state index contributed by atoms with van der Waals surface area (Å²) in [5, 5.41) is 2.34. The molecule has 0 bridgehead atoms. The predicted molar refractivity (Wildman–Crippen MR) is 137 cm³/mol. The molecule has 37 heavy (non-hydrogen) atoms. The van der Waals surface area contributed by atoms with E-state index in [2.05, 4.69) is 29.0 Å². The Morgan fingerprint density at radius 2 is 1.73 bits per heavy atom. The van der Waals surface area contributed by atoms with Gasteiger partial charge in [-0.05, 0) is 43.7 Å². The van der Waals surface area contributed by atoms with Crippen molar-refractivity contribution in [2.45, 2.75) is 84.1 Å². The number of nitrogens with one attached hydrogen (secondary N) is 1. The number of piperidine rings is 2. The number of ether oxygens (including phenoxy) is 3. The maximum absolute atomic E-state index is 13.2. The highest BCUT2D eigenvalue weighted by Crippen LogP contribution is 2.36. The minimum absolute atomic E-state index is 0.178. The van der Waals surface area contributed by atoms with E-state index in [-0.39, 0.29) is 30.4 Å². The Morgan fingerprint density at radius 1 is 1.05 bits per heavy atom. The Kier molecular flexibility index (Phi) is 9.37. The lowest BCUT2D eigenvalue weighted by Gasteiger charge is -2.36. The maximum atomic E-state index is 13.2. The first-order chi connectivity index (χ1) is 18.0. The molecule has 0 saturated carbocycles. The van der Waals surface area contributed by atoms with Crippen molar-refractivity contribution in [1.29, 1.82) is 0 Å². The Morgan fingerprint density at radius 3 is 2.32 bits per heavy atom. The monoisotopic (exact) mass is 516 g/mol. The smallest absolute Gasteiger partial charge is 0.260 e. The number of unbranched alkanes of at least 4 members (excludes halogenated alkanes) is 2. The van der Waals surface area contributed by atoms with E-state index in [1.54, 1.807) is 0 Å². The van der Waals surface area contributed by atoms with Gasteiger partial charge in [-0.3, -0.25) is 19.7 Å². The van der Waals surface area contributed by atoms with Gasteiger partial charge < -0.3 is 24.0 Å². The molecule has 4 heterocycles. The standard InChI is InChI=1S/C27H40N4O6/c1-4-6-14-36-27(37-15-7-5-2)18-10-12-30(13-11-18)21-16-19-17-31(20-8-9-22(32)29-24(20)33)26(34)23(19)25(28-21)35-3/h16,18,20,27H,4-15,17H2,1-3H3,(H,29,32,33). The SMILES string of the molecule is CCCCOC(OCCCC)C1CCN(c2cc3c(c(OC)n2)C(=O)N(C2CCC(=O)NC2=O)C3)CC1. The van der Waals surface area contributed by atoms with Crippen molar-refractivity contribution in [2.75, 3.05) is 38.3 Å². The van der Waals surface area contributed by atoms with E-state index in [0.717, 1.165) is 76.2 Å². The number of fused-ring (bicyclic) bond motifs is 1. The number of hydrogen-bond acceptors (Lipinski definition) is 8. The lowest BCUT2D eigenvalue weighted by atomic mass is 9.96. The summed E-state index contributed by atoms with van der Waals surface area (Å²) in [6.07, 6.45) is 6.45. The molecule has 10 heteroatoms. The zero-order valence-corrected chi connectivity index (χ0v) is 22.3. The van der Waals surface area contributed by atoms with Crippen LogP contribution < -0.4 is 15.0 Å². The minimum atomic E-state index is -0.668. The molecule has 0 radical (unpaired) electrons. The summed E-state index contributed by atoms with van der Waals surface area (Å²) in [6, 6.07) is 1.27.